The average molecular weight is 287 g/mol. The highest BCUT2D eigenvalue weighted by Gasteiger charge is 2.45. The molecule has 2 atom stereocenters. The molecule has 5 nitrogen and oxygen atoms in total. The van der Waals surface area contributed by atoms with E-state index in [1.807, 2.05) is 48.5 Å². The first kappa shape index (κ1) is 17.2. The fourth-order valence-corrected chi connectivity index (χ4v) is 2.47. The van der Waals surface area contributed by atoms with Gasteiger partial charge in [-0.1, -0.05) is 0 Å². The van der Waals surface area contributed by atoms with Crippen LogP contribution >= 0.6 is 0 Å². The minimum atomic E-state index is -0.640. The van der Waals surface area contributed by atoms with E-state index in [-0.39, 0.29) is 18.2 Å². The van der Waals surface area contributed by atoms with E-state index in [4.69, 9.17) is 14.2 Å². The Morgan fingerprint density at radius 3 is 2.55 bits per heavy atom. The molecule has 1 rings (SSSR count). The molecule has 0 saturated carbocycles. The van der Waals surface area contributed by atoms with E-state index in [1.165, 1.54) is 0 Å². The van der Waals surface area contributed by atoms with Gasteiger partial charge >= 0.3 is 6.09 Å². The van der Waals surface area contributed by atoms with Gasteiger partial charge in [-0.3, -0.25) is 4.90 Å². The molecule has 0 bridgehead atoms. The van der Waals surface area contributed by atoms with E-state index < -0.39 is 11.3 Å². The number of rotatable bonds is 4. The zero-order valence-corrected chi connectivity index (χ0v) is 13.9. The van der Waals surface area contributed by atoms with Crippen LogP contribution in [0.25, 0.3) is 0 Å². The molecule has 1 fully saturated rings. The largest absolute Gasteiger partial charge is 0.444 e. The lowest BCUT2D eigenvalue weighted by atomic mass is 10.1. The predicted octanol–water partition coefficient (Wildman–Crippen LogP) is 3.17. The number of amides is 1. The summed E-state index contributed by atoms with van der Waals surface area (Å²) in [5.74, 6) is 0. The van der Waals surface area contributed by atoms with Gasteiger partial charge in [0.05, 0.1) is 18.8 Å². The molecule has 1 saturated heterocycles. The Bertz CT molecular complexity index is 335. The minimum absolute atomic E-state index is 0.0126. The van der Waals surface area contributed by atoms with E-state index in [9.17, 15) is 4.79 Å². The van der Waals surface area contributed by atoms with Crippen molar-refractivity contribution in [3.8, 4) is 0 Å². The summed E-state index contributed by atoms with van der Waals surface area (Å²) in [7, 11) is 0. The SMILES string of the molecule is CCO[C@@H](C)C[C@H]1COC(C)(C)N1C(=O)OC(C)(C)C. The van der Waals surface area contributed by atoms with Gasteiger partial charge in [-0.15, -0.1) is 0 Å². The van der Waals surface area contributed by atoms with Gasteiger partial charge in [0.25, 0.3) is 0 Å². The standard InChI is InChI=1S/C15H29NO4/c1-8-18-11(2)9-12-10-19-15(6,7)16(12)13(17)20-14(3,4)5/h11-12H,8-10H2,1-7H3/t11-,12-/m0/s1. The van der Waals surface area contributed by atoms with Crippen LogP contribution in [0.15, 0.2) is 0 Å². The molecule has 1 amide bonds. The fourth-order valence-electron chi connectivity index (χ4n) is 2.47. The molecule has 1 aliphatic rings. The van der Waals surface area contributed by atoms with Crippen LogP contribution in [0.4, 0.5) is 4.79 Å². The van der Waals surface area contributed by atoms with Gasteiger partial charge in [0.15, 0.2) is 0 Å². The average Bonchev–Trinajstić information content (AvgIpc) is 2.51. The molecule has 0 spiro atoms. The summed E-state index contributed by atoms with van der Waals surface area (Å²) < 4.78 is 16.8. The van der Waals surface area contributed by atoms with Crippen molar-refractivity contribution in [2.75, 3.05) is 13.2 Å². The second-order valence-electron chi connectivity index (χ2n) is 6.76. The van der Waals surface area contributed by atoms with Gasteiger partial charge < -0.3 is 14.2 Å². The predicted molar refractivity (Wildman–Crippen MR) is 77.6 cm³/mol. The van der Waals surface area contributed by atoms with Gasteiger partial charge in [0.2, 0.25) is 0 Å². The van der Waals surface area contributed by atoms with Crippen LogP contribution in [0.3, 0.4) is 0 Å². The third kappa shape index (κ3) is 4.63. The third-order valence-electron chi connectivity index (χ3n) is 3.22. The van der Waals surface area contributed by atoms with E-state index in [0.29, 0.717) is 13.2 Å². The molecule has 1 heterocycles. The minimum Gasteiger partial charge on any atom is -0.444 e. The molecule has 0 radical (unpaired) electrons. The Balaban J connectivity index is 2.77. The molecule has 0 aromatic carbocycles. The highest BCUT2D eigenvalue weighted by atomic mass is 16.6. The van der Waals surface area contributed by atoms with E-state index in [1.54, 1.807) is 4.90 Å². The highest BCUT2D eigenvalue weighted by molar-refractivity contribution is 5.69. The molecule has 118 valence electrons. The van der Waals surface area contributed by atoms with Crippen LogP contribution in [-0.4, -0.2) is 47.7 Å². The lowest BCUT2D eigenvalue weighted by molar-refractivity contribution is -0.0642. The van der Waals surface area contributed by atoms with Crippen LogP contribution in [0, 0.1) is 0 Å². The van der Waals surface area contributed by atoms with Crippen molar-refractivity contribution in [3.05, 3.63) is 0 Å². The molecule has 0 N–H and O–H groups in total. The number of hydrogen-bond donors (Lipinski definition) is 0. The Hall–Kier alpha value is -0.810. The Morgan fingerprint density at radius 1 is 1.45 bits per heavy atom. The summed E-state index contributed by atoms with van der Waals surface area (Å²) in [5, 5.41) is 0. The maximum Gasteiger partial charge on any atom is 0.412 e. The quantitative estimate of drug-likeness (QED) is 0.797. The van der Waals surface area contributed by atoms with Gasteiger partial charge in [-0.25, -0.2) is 4.79 Å². The number of ether oxygens (including phenoxy) is 3. The molecule has 5 heteroatoms. The topological polar surface area (TPSA) is 48.0 Å². The maximum atomic E-state index is 12.4. The summed E-state index contributed by atoms with van der Waals surface area (Å²) in [5.41, 5.74) is -1.15. The molecular weight excluding hydrogens is 258 g/mol. The lowest BCUT2D eigenvalue weighted by Crippen LogP contribution is -2.50. The first-order valence-electron chi connectivity index (χ1n) is 7.34. The normalized spacial score (nSPS) is 23.8. The van der Waals surface area contributed by atoms with Crippen LogP contribution in [-0.2, 0) is 14.2 Å². The molecular formula is C15H29NO4. The molecule has 0 aliphatic carbocycles. The monoisotopic (exact) mass is 287 g/mol. The van der Waals surface area contributed by atoms with E-state index >= 15 is 0 Å². The van der Waals surface area contributed by atoms with Gasteiger partial charge in [0.1, 0.15) is 11.3 Å². The number of carbonyl (C=O) groups excluding carboxylic acids is 1. The first-order chi connectivity index (χ1) is 9.07. The van der Waals surface area contributed by atoms with Crippen molar-refractivity contribution in [3.63, 3.8) is 0 Å². The Morgan fingerprint density at radius 2 is 2.05 bits per heavy atom. The first-order valence-corrected chi connectivity index (χ1v) is 7.34. The summed E-state index contributed by atoms with van der Waals surface area (Å²) in [6.45, 7) is 14.6. The second kappa shape index (κ2) is 6.31. The summed E-state index contributed by atoms with van der Waals surface area (Å²) >= 11 is 0. The van der Waals surface area contributed by atoms with Crippen molar-refractivity contribution >= 4 is 6.09 Å². The molecule has 0 aromatic heterocycles. The number of carbonyl (C=O) groups is 1. The molecule has 1 aliphatic heterocycles. The van der Waals surface area contributed by atoms with E-state index in [2.05, 4.69) is 0 Å². The van der Waals surface area contributed by atoms with Crippen molar-refractivity contribution in [1.82, 2.24) is 4.90 Å². The van der Waals surface area contributed by atoms with Crippen molar-refractivity contribution in [1.29, 1.82) is 0 Å². The lowest BCUT2D eigenvalue weighted by Gasteiger charge is -2.35. The molecule has 20 heavy (non-hydrogen) atoms. The Kier molecular flexibility index (Phi) is 5.44. The zero-order chi connectivity index (χ0) is 15.6. The van der Waals surface area contributed by atoms with Crippen LogP contribution in [0.1, 0.15) is 54.9 Å². The summed E-state index contributed by atoms with van der Waals surface area (Å²) in [4.78, 5) is 14.1. The van der Waals surface area contributed by atoms with Crippen molar-refractivity contribution in [2.45, 2.75) is 78.4 Å². The van der Waals surface area contributed by atoms with Crippen molar-refractivity contribution in [2.24, 2.45) is 0 Å². The Labute approximate surface area is 122 Å². The molecule has 0 aromatic rings. The van der Waals surface area contributed by atoms with Crippen LogP contribution < -0.4 is 0 Å². The summed E-state index contributed by atoms with van der Waals surface area (Å²) in [6.07, 6.45) is 0.511. The summed E-state index contributed by atoms with van der Waals surface area (Å²) in [6, 6.07) is -0.0126. The highest BCUT2D eigenvalue weighted by Crippen LogP contribution is 2.31. The zero-order valence-electron chi connectivity index (χ0n) is 13.9. The smallest absolute Gasteiger partial charge is 0.412 e. The van der Waals surface area contributed by atoms with Crippen molar-refractivity contribution < 1.29 is 19.0 Å². The van der Waals surface area contributed by atoms with Crippen LogP contribution in [0.5, 0.6) is 0 Å². The third-order valence-corrected chi connectivity index (χ3v) is 3.22. The van der Waals surface area contributed by atoms with E-state index in [0.717, 1.165) is 6.42 Å². The van der Waals surface area contributed by atoms with Gasteiger partial charge in [0, 0.05) is 6.61 Å². The fraction of sp³-hybridized carbons (Fsp3) is 0.933. The number of hydrogen-bond acceptors (Lipinski definition) is 4. The maximum absolute atomic E-state index is 12.4. The van der Waals surface area contributed by atoms with Gasteiger partial charge in [-0.2, -0.15) is 0 Å². The second-order valence-corrected chi connectivity index (χ2v) is 6.76. The molecule has 0 unspecified atom stereocenters. The number of nitrogens with zero attached hydrogens (tertiary/aromatic N) is 1. The van der Waals surface area contributed by atoms with Crippen LogP contribution in [0.2, 0.25) is 0 Å². The van der Waals surface area contributed by atoms with Gasteiger partial charge in [-0.05, 0) is 54.9 Å².